The molecule has 2 aromatic heterocycles. The largest absolute Gasteiger partial charge is 0.496 e. The van der Waals surface area contributed by atoms with Gasteiger partial charge >= 0.3 is 7.12 Å². The highest BCUT2D eigenvalue weighted by atomic mass is 79.9. The van der Waals surface area contributed by atoms with E-state index >= 15 is 0 Å². The number of hydrogen-bond donors (Lipinski definition) is 3. The maximum Gasteiger partial charge on any atom is 0.488 e. The SMILES string of the molecule is Brc1ccc(Br)nc1.COc1cccc(CO)c1-c1ccccc1P(C1CCCCC1)C1CCCCC1.OB(O)c1ccccc1.c1ccc(-c2ccc(-c3ccccc3)nc2)cc1. The van der Waals surface area contributed by atoms with E-state index < -0.39 is 7.12 Å². The van der Waals surface area contributed by atoms with E-state index in [1.807, 2.05) is 79.0 Å². The molecule has 2 aliphatic rings. The van der Waals surface area contributed by atoms with E-state index in [0.717, 1.165) is 54.1 Å². The number of aliphatic hydroxyl groups excluding tert-OH is 1. The van der Waals surface area contributed by atoms with Gasteiger partial charge in [-0.05, 0) is 121 Å². The van der Waals surface area contributed by atoms with Crippen molar-refractivity contribution in [3.05, 3.63) is 185 Å². The maximum absolute atomic E-state index is 10.1. The van der Waals surface area contributed by atoms with Crippen LogP contribution in [0, 0.1) is 0 Å². The minimum absolute atomic E-state index is 0.0473. The highest BCUT2D eigenvalue weighted by molar-refractivity contribution is 9.11. The second kappa shape index (κ2) is 26.5. The Morgan fingerprint density at radius 3 is 1.66 bits per heavy atom. The van der Waals surface area contributed by atoms with E-state index in [0.29, 0.717) is 5.46 Å². The number of ether oxygens (including phenoxy) is 1. The molecule has 330 valence electrons. The third kappa shape index (κ3) is 14.5. The minimum atomic E-state index is -1.34. The van der Waals surface area contributed by atoms with Crippen molar-refractivity contribution in [3.63, 3.8) is 0 Å². The Kier molecular flexibility index (Phi) is 20.3. The molecule has 3 N–H and O–H groups in total. The van der Waals surface area contributed by atoms with Gasteiger partial charge in [-0.15, -0.1) is 0 Å². The van der Waals surface area contributed by atoms with E-state index in [4.69, 9.17) is 14.8 Å². The fraction of sp³-hybridized carbons (Fsp3) is 0.259. The lowest BCUT2D eigenvalue weighted by molar-refractivity contribution is 0.281. The summed E-state index contributed by atoms with van der Waals surface area (Å²) in [5.41, 5.74) is 10.1. The molecule has 0 radical (unpaired) electrons. The van der Waals surface area contributed by atoms with E-state index in [1.54, 1.807) is 42.9 Å². The van der Waals surface area contributed by atoms with Crippen LogP contribution in [-0.2, 0) is 6.61 Å². The molecule has 2 fully saturated rings. The van der Waals surface area contributed by atoms with Crippen LogP contribution >= 0.6 is 39.8 Å². The van der Waals surface area contributed by atoms with Crippen LogP contribution in [0.4, 0.5) is 0 Å². The molecular weight excluding hydrogens is 942 g/mol. The average molecular weight is 1000 g/mol. The van der Waals surface area contributed by atoms with Gasteiger partial charge in [0.15, 0.2) is 0 Å². The van der Waals surface area contributed by atoms with Gasteiger partial charge in [0, 0.05) is 33.6 Å². The predicted molar refractivity (Wildman–Crippen MR) is 276 cm³/mol. The third-order valence-corrected chi connectivity index (χ3v) is 16.1. The van der Waals surface area contributed by atoms with Crippen LogP contribution in [0.2, 0.25) is 0 Å². The first-order chi connectivity index (χ1) is 31.4. The van der Waals surface area contributed by atoms with Gasteiger partial charge in [0.05, 0.1) is 19.4 Å². The smallest absolute Gasteiger partial charge is 0.488 e. The monoisotopic (exact) mass is 998 g/mol. The van der Waals surface area contributed by atoms with Gasteiger partial charge in [-0.1, -0.05) is 180 Å². The Bertz CT molecular complexity index is 2260. The van der Waals surface area contributed by atoms with Crippen molar-refractivity contribution in [1.29, 1.82) is 0 Å². The van der Waals surface area contributed by atoms with E-state index in [9.17, 15) is 5.11 Å². The molecule has 2 saturated carbocycles. The lowest BCUT2D eigenvalue weighted by atomic mass is 9.81. The highest BCUT2D eigenvalue weighted by Crippen LogP contribution is 2.56. The van der Waals surface area contributed by atoms with Crippen LogP contribution in [-0.4, -0.2) is 50.7 Å². The van der Waals surface area contributed by atoms with Crippen LogP contribution in [0.5, 0.6) is 5.75 Å². The van der Waals surface area contributed by atoms with Gasteiger partial charge in [0.25, 0.3) is 0 Å². The Balaban J connectivity index is 0.000000163. The number of rotatable bonds is 9. The van der Waals surface area contributed by atoms with Crippen molar-refractivity contribution in [3.8, 4) is 39.3 Å². The molecule has 0 bridgehead atoms. The molecule has 2 heterocycles. The molecule has 0 amide bonds. The van der Waals surface area contributed by atoms with Gasteiger partial charge in [0.1, 0.15) is 10.4 Å². The minimum Gasteiger partial charge on any atom is -0.496 e. The predicted octanol–water partition coefficient (Wildman–Crippen LogP) is 13.0. The normalized spacial score (nSPS) is 13.9. The van der Waals surface area contributed by atoms with Crippen molar-refractivity contribution in [2.75, 3.05) is 7.11 Å². The summed E-state index contributed by atoms with van der Waals surface area (Å²) in [5, 5.41) is 28.8. The lowest BCUT2D eigenvalue weighted by Gasteiger charge is -2.39. The van der Waals surface area contributed by atoms with Crippen molar-refractivity contribution in [1.82, 2.24) is 9.97 Å². The Hall–Kier alpha value is -4.47. The van der Waals surface area contributed by atoms with E-state index in [1.165, 1.54) is 75.3 Å². The van der Waals surface area contributed by atoms with Gasteiger partial charge < -0.3 is 19.9 Å². The number of benzene rings is 5. The fourth-order valence-corrected chi connectivity index (χ4v) is 12.9. The molecular formula is C54H58BBr2N2O4P. The molecule has 6 nitrogen and oxygen atoms in total. The van der Waals surface area contributed by atoms with Crippen LogP contribution in [0.15, 0.2) is 179 Å². The van der Waals surface area contributed by atoms with E-state index in [2.05, 4.69) is 102 Å². The molecule has 0 unspecified atom stereocenters. The summed E-state index contributed by atoms with van der Waals surface area (Å²) < 4.78 is 7.63. The molecule has 0 spiro atoms. The average Bonchev–Trinajstić information content (AvgIpc) is 3.37. The van der Waals surface area contributed by atoms with Crippen molar-refractivity contribution in [2.45, 2.75) is 82.1 Å². The Morgan fingerprint density at radius 2 is 1.16 bits per heavy atom. The molecule has 9 rings (SSSR count). The number of nitrogens with zero attached hydrogens (tertiary/aromatic N) is 2. The summed E-state index contributed by atoms with van der Waals surface area (Å²) in [4.78, 5) is 8.47. The van der Waals surface area contributed by atoms with Gasteiger partial charge in [-0.25, -0.2) is 4.98 Å². The zero-order valence-corrected chi connectivity index (χ0v) is 40.6. The number of halogens is 2. The fourth-order valence-electron chi connectivity index (χ4n) is 8.46. The topological polar surface area (TPSA) is 95.7 Å². The molecule has 7 aromatic rings. The lowest BCUT2D eigenvalue weighted by Crippen LogP contribution is -2.29. The molecule has 0 atom stereocenters. The van der Waals surface area contributed by atoms with Crippen molar-refractivity contribution < 1.29 is 19.9 Å². The highest BCUT2D eigenvalue weighted by Gasteiger charge is 2.34. The quantitative estimate of drug-likeness (QED) is 0.0758. The molecule has 2 aliphatic carbocycles. The zero-order chi connectivity index (χ0) is 44.9. The summed E-state index contributed by atoms with van der Waals surface area (Å²) in [6.07, 6.45) is 17.7. The second-order valence-corrected chi connectivity index (χ2v) is 20.4. The Labute approximate surface area is 398 Å². The number of aliphatic hydroxyl groups is 1. The van der Waals surface area contributed by atoms with Crippen molar-refractivity contribution in [2.24, 2.45) is 0 Å². The molecule has 10 heteroatoms. The Morgan fingerprint density at radius 1 is 0.578 bits per heavy atom. The molecule has 64 heavy (non-hydrogen) atoms. The standard InChI is InChI=1S/C26H35O2P.C17H13N.C6H7BO2.C5H3Br2N/c1-28-24-17-10-11-20(19-27)26(24)23-16-8-9-18-25(23)29(21-12-4-2-5-13-21)22-14-6-3-7-15-22;1-3-7-14(8-4-1)16-11-12-17(18-13-16)15-9-5-2-6-10-15;8-7(9)6-4-2-1-3-5-6;6-4-1-2-5(7)8-3-4/h8-11,16-18,21-22,27H,2-7,12-15,19H2,1H3;1-13H;1-5,8-9H;1-3H. The van der Waals surface area contributed by atoms with Crippen LogP contribution in [0.25, 0.3) is 33.5 Å². The maximum atomic E-state index is 10.1. The van der Waals surface area contributed by atoms with Crippen LogP contribution in [0.1, 0.15) is 69.8 Å². The first-order valence-electron chi connectivity index (χ1n) is 22.3. The molecule has 5 aromatic carbocycles. The zero-order valence-electron chi connectivity index (χ0n) is 36.5. The van der Waals surface area contributed by atoms with Gasteiger partial charge in [-0.2, -0.15) is 0 Å². The third-order valence-electron chi connectivity index (χ3n) is 11.6. The first kappa shape index (κ1) is 49.0. The van der Waals surface area contributed by atoms with Crippen LogP contribution in [0.3, 0.4) is 0 Å². The summed E-state index contributed by atoms with van der Waals surface area (Å²) in [7, 11) is 0.194. The first-order valence-corrected chi connectivity index (χ1v) is 25.3. The van der Waals surface area contributed by atoms with Gasteiger partial charge in [0.2, 0.25) is 0 Å². The summed E-state index contributed by atoms with van der Waals surface area (Å²) >= 11 is 6.48. The summed E-state index contributed by atoms with van der Waals surface area (Å²) in [6.45, 7) is 0.0473. The van der Waals surface area contributed by atoms with Crippen LogP contribution < -0.4 is 15.5 Å². The second-order valence-electron chi connectivity index (χ2n) is 15.9. The number of methoxy groups -OCH3 is 1. The summed E-state index contributed by atoms with van der Waals surface area (Å²) in [6, 6.07) is 52.3. The van der Waals surface area contributed by atoms with E-state index in [-0.39, 0.29) is 14.5 Å². The summed E-state index contributed by atoms with van der Waals surface area (Å²) in [5.74, 6) is 0.881. The molecule has 0 aliphatic heterocycles. The molecule has 0 saturated heterocycles. The number of hydrogen-bond acceptors (Lipinski definition) is 6. The van der Waals surface area contributed by atoms with Gasteiger partial charge in [-0.3, -0.25) is 4.98 Å². The van der Waals surface area contributed by atoms with Crippen molar-refractivity contribution >= 4 is 57.7 Å². The number of pyridine rings is 2. The number of aromatic nitrogens is 2.